The van der Waals surface area contributed by atoms with Crippen molar-refractivity contribution < 1.29 is 26.7 Å². The van der Waals surface area contributed by atoms with Crippen LogP contribution in [0.5, 0.6) is 5.75 Å². The maximum Gasteiger partial charge on any atom is 0.434 e. The fourth-order valence-corrected chi connectivity index (χ4v) is 2.00. The summed E-state index contributed by atoms with van der Waals surface area (Å²) in [5, 5.41) is 0. The van der Waals surface area contributed by atoms with Crippen LogP contribution in [0, 0.1) is 3.57 Å². The minimum Gasteiger partial charge on any atom is -0.495 e. The van der Waals surface area contributed by atoms with Gasteiger partial charge in [-0.05, 0) is 22.6 Å². The van der Waals surface area contributed by atoms with Crippen molar-refractivity contribution in [3.63, 3.8) is 0 Å². The molecule has 0 spiro atoms. The van der Waals surface area contributed by atoms with E-state index in [0.29, 0.717) is 6.20 Å². The first-order chi connectivity index (χ1) is 7.29. The fourth-order valence-electron chi connectivity index (χ4n) is 1.05. The van der Waals surface area contributed by atoms with Gasteiger partial charge in [0.15, 0.2) is 5.69 Å². The van der Waals surface area contributed by atoms with Crippen LogP contribution in [0.4, 0.5) is 22.0 Å². The summed E-state index contributed by atoms with van der Waals surface area (Å²) < 4.78 is 66.2. The summed E-state index contributed by atoms with van der Waals surface area (Å²) in [7, 11) is 1.09. The van der Waals surface area contributed by atoms with Crippen LogP contribution in [0.3, 0.4) is 0 Å². The number of halogens is 6. The number of methoxy groups -OCH3 is 1. The van der Waals surface area contributed by atoms with Crippen molar-refractivity contribution in [1.82, 2.24) is 4.98 Å². The van der Waals surface area contributed by atoms with E-state index in [1.165, 1.54) is 22.6 Å². The molecule has 1 aromatic heterocycles. The van der Waals surface area contributed by atoms with Gasteiger partial charge in [0.1, 0.15) is 5.75 Å². The summed E-state index contributed by atoms with van der Waals surface area (Å²) in [6.45, 7) is 0. The van der Waals surface area contributed by atoms with Crippen LogP contribution >= 0.6 is 22.6 Å². The van der Waals surface area contributed by atoms with Crippen LogP contribution in [0.25, 0.3) is 0 Å². The van der Waals surface area contributed by atoms with Gasteiger partial charge in [0.05, 0.1) is 22.4 Å². The van der Waals surface area contributed by atoms with Crippen LogP contribution < -0.4 is 4.74 Å². The summed E-state index contributed by atoms with van der Waals surface area (Å²) in [5.41, 5.74) is -2.12. The van der Waals surface area contributed by atoms with Crippen molar-refractivity contribution >= 4 is 22.6 Å². The van der Waals surface area contributed by atoms with Crippen molar-refractivity contribution in [1.29, 1.82) is 0 Å². The Labute approximate surface area is 101 Å². The molecule has 90 valence electrons. The third kappa shape index (κ3) is 2.53. The van der Waals surface area contributed by atoms with E-state index < -0.39 is 27.4 Å². The summed E-state index contributed by atoms with van der Waals surface area (Å²) in [4.78, 5) is 3.07. The molecule has 0 aromatic carbocycles. The second kappa shape index (κ2) is 4.68. The Morgan fingerprint density at radius 1 is 1.38 bits per heavy atom. The molecule has 0 N–H and O–H groups in total. The second-order valence-electron chi connectivity index (χ2n) is 2.70. The lowest BCUT2D eigenvalue weighted by molar-refractivity contribution is -0.142. The largest absolute Gasteiger partial charge is 0.495 e. The molecule has 0 saturated carbocycles. The second-order valence-corrected chi connectivity index (χ2v) is 3.78. The van der Waals surface area contributed by atoms with Gasteiger partial charge in [0.25, 0.3) is 6.43 Å². The van der Waals surface area contributed by atoms with Crippen molar-refractivity contribution in [3.8, 4) is 5.75 Å². The van der Waals surface area contributed by atoms with Crippen LogP contribution in [-0.2, 0) is 6.18 Å². The number of aromatic nitrogens is 1. The molecule has 0 saturated heterocycles. The quantitative estimate of drug-likeness (QED) is 0.598. The molecule has 0 aliphatic rings. The maximum atomic E-state index is 12.6. The zero-order chi connectivity index (χ0) is 12.5. The minimum absolute atomic E-state index is 0.354. The molecule has 2 nitrogen and oxygen atoms in total. The highest BCUT2D eigenvalue weighted by atomic mass is 127. The predicted molar refractivity (Wildman–Crippen MR) is 53.5 cm³/mol. The number of nitrogens with zero attached hydrogens (tertiary/aromatic N) is 1. The topological polar surface area (TPSA) is 22.1 Å². The average Bonchev–Trinajstić information content (AvgIpc) is 2.14. The molecule has 0 fully saturated rings. The van der Waals surface area contributed by atoms with E-state index in [4.69, 9.17) is 0 Å². The molecule has 8 heteroatoms. The van der Waals surface area contributed by atoms with Crippen LogP contribution in [0.15, 0.2) is 6.20 Å². The number of hydrogen-bond donors (Lipinski definition) is 0. The lowest BCUT2D eigenvalue weighted by Gasteiger charge is -2.14. The minimum atomic E-state index is -4.76. The Morgan fingerprint density at radius 3 is 2.31 bits per heavy atom. The first-order valence-corrected chi connectivity index (χ1v) is 4.94. The SMILES string of the molecule is COc1cnc(C(F)(F)F)c(I)c1C(F)F. The van der Waals surface area contributed by atoms with E-state index in [-0.39, 0.29) is 5.75 Å². The number of ether oxygens (including phenoxy) is 1. The summed E-state index contributed by atoms with van der Waals surface area (Å²) in [6.07, 6.45) is -7.16. The highest BCUT2D eigenvalue weighted by Gasteiger charge is 2.37. The van der Waals surface area contributed by atoms with E-state index in [1.54, 1.807) is 0 Å². The van der Waals surface area contributed by atoms with Gasteiger partial charge in [0.2, 0.25) is 0 Å². The zero-order valence-corrected chi connectivity index (χ0v) is 9.94. The number of alkyl halides is 5. The van der Waals surface area contributed by atoms with Gasteiger partial charge in [-0.25, -0.2) is 13.8 Å². The molecule has 0 radical (unpaired) electrons. The standard InChI is InChI=1S/C8H5F5INO/c1-16-3-2-15-6(8(11,12)13)5(14)4(3)7(9)10/h2,7H,1H3. The van der Waals surface area contributed by atoms with Gasteiger partial charge in [0, 0.05) is 0 Å². The molecule has 0 atom stereocenters. The molecule has 0 bridgehead atoms. The normalized spacial score (nSPS) is 12.0. The number of pyridine rings is 1. The first-order valence-electron chi connectivity index (χ1n) is 3.86. The third-order valence-corrected chi connectivity index (χ3v) is 2.82. The van der Waals surface area contributed by atoms with Gasteiger partial charge >= 0.3 is 6.18 Å². The van der Waals surface area contributed by atoms with Crippen molar-refractivity contribution in [2.24, 2.45) is 0 Å². The van der Waals surface area contributed by atoms with E-state index in [1.807, 2.05) is 0 Å². The Bertz CT molecular complexity index is 393. The summed E-state index contributed by atoms with van der Waals surface area (Å²) in [5.74, 6) is -0.354. The summed E-state index contributed by atoms with van der Waals surface area (Å²) >= 11 is 1.19. The molecule has 1 aromatic rings. The van der Waals surface area contributed by atoms with Gasteiger partial charge in [-0.3, -0.25) is 0 Å². The molecule has 0 amide bonds. The van der Waals surface area contributed by atoms with Crippen LogP contribution in [0.2, 0.25) is 0 Å². The number of rotatable bonds is 2. The van der Waals surface area contributed by atoms with Crippen LogP contribution in [0.1, 0.15) is 17.7 Å². The average molecular weight is 353 g/mol. The molecule has 0 unspecified atom stereocenters. The maximum absolute atomic E-state index is 12.6. The summed E-state index contributed by atoms with van der Waals surface area (Å²) in [6, 6.07) is 0. The van der Waals surface area contributed by atoms with Gasteiger partial charge in [-0.2, -0.15) is 13.2 Å². The molecule has 0 aliphatic carbocycles. The highest BCUT2D eigenvalue weighted by molar-refractivity contribution is 14.1. The lowest BCUT2D eigenvalue weighted by atomic mass is 10.2. The smallest absolute Gasteiger partial charge is 0.434 e. The van der Waals surface area contributed by atoms with E-state index in [0.717, 1.165) is 7.11 Å². The lowest BCUT2D eigenvalue weighted by Crippen LogP contribution is -2.13. The Hall–Kier alpha value is -0.670. The molecule has 0 aliphatic heterocycles. The molecular weight excluding hydrogens is 348 g/mol. The molecule has 16 heavy (non-hydrogen) atoms. The van der Waals surface area contributed by atoms with Gasteiger partial charge in [-0.1, -0.05) is 0 Å². The zero-order valence-electron chi connectivity index (χ0n) is 7.78. The third-order valence-electron chi connectivity index (χ3n) is 1.73. The number of hydrogen-bond acceptors (Lipinski definition) is 2. The van der Waals surface area contributed by atoms with Gasteiger partial charge < -0.3 is 4.74 Å². The Morgan fingerprint density at radius 2 is 1.94 bits per heavy atom. The first kappa shape index (κ1) is 13.4. The van der Waals surface area contributed by atoms with Crippen LogP contribution in [-0.4, -0.2) is 12.1 Å². The Kier molecular flexibility index (Phi) is 3.92. The van der Waals surface area contributed by atoms with E-state index in [2.05, 4.69) is 9.72 Å². The molecular formula is C8H5F5INO. The van der Waals surface area contributed by atoms with E-state index in [9.17, 15) is 22.0 Å². The van der Waals surface area contributed by atoms with E-state index >= 15 is 0 Å². The highest BCUT2D eigenvalue weighted by Crippen LogP contribution is 2.39. The fraction of sp³-hybridized carbons (Fsp3) is 0.375. The van der Waals surface area contributed by atoms with Gasteiger partial charge in [-0.15, -0.1) is 0 Å². The molecule has 1 heterocycles. The monoisotopic (exact) mass is 353 g/mol. The predicted octanol–water partition coefficient (Wildman–Crippen LogP) is 3.65. The molecule has 1 rings (SSSR count). The van der Waals surface area contributed by atoms with Crippen molar-refractivity contribution in [2.45, 2.75) is 12.6 Å². The Balaban J connectivity index is 3.44. The van der Waals surface area contributed by atoms with Crippen molar-refractivity contribution in [3.05, 3.63) is 21.0 Å². The van der Waals surface area contributed by atoms with Crippen molar-refractivity contribution in [2.75, 3.05) is 7.11 Å².